The number of hydrogen-bond donors (Lipinski definition) is 0. The van der Waals surface area contributed by atoms with Crippen LogP contribution in [0.5, 0.6) is 0 Å². The Balaban J connectivity index is -0.0000000899. The van der Waals surface area contributed by atoms with Crippen molar-refractivity contribution in [1.29, 1.82) is 0 Å². The van der Waals surface area contributed by atoms with Crippen LogP contribution < -0.4 is 9.41 Å². The van der Waals surface area contributed by atoms with Crippen LogP contribution in [0.15, 0.2) is 48.5 Å². The predicted molar refractivity (Wildman–Crippen MR) is 81.7 cm³/mol. The normalized spacial score (nSPS) is 7.40. The Kier molecular flexibility index (Phi) is 29.3. The van der Waals surface area contributed by atoms with E-state index in [1.165, 1.54) is 23.2 Å². The molecule has 2 aromatic carbocycles. The third kappa shape index (κ3) is 20.0. The van der Waals surface area contributed by atoms with Gasteiger partial charge in [0.2, 0.25) is 0 Å². The summed E-state index contributed by atoms with van der Waals surface area (Å²) < 4.78 is 0. The van der Waals surface area contributed by atoms with Gasteiger partial charge in [0.25, 0.3) is 0 Å². The first-order valence-electron chi connectivity index (χ1n) is 6.39. The number of halogens is 2. The molecule has 0 aliphatic carbocycles. The Bertz CT molecular complexity index is 297. The van der Waals surface area contributed by atoms with Gasteiger partial charge in [-0.3, -0.25) is 0 Å². The van der Waals surface area contributed by atoms with Crippen molar-refractivity contribution >= 4 is 9.52 Å². The first-order chi connectivity index (χ1) is 8.20. The van der Waals surface area contributed by atoms with Crippen LogP contribution in [0.2, 0.25) is 12.1 Å². The fourth-order valence-electron chi connectivity index (χ4n) is 1.23. The second kappa shape index (κ2) is 21.0. The van der Waals surface area contributed by atoms with Gasteiger partial charge in [-0.15, -0.1) is 0 Å². The van der Waals surface area contributed by atoms with Crippen molar-refractivity contribution in [3.63, 3.8) is 0 Å². The fourth-order valence-corrected chi connectivity index (χ4v) is 1.81. The zero-order valence-electron chi connectivity index (χ0n) is 12.9. The minimum Gasteiger partial charge on any atom is -1.00 e. The smallest absolute Gasteiger partial charge is 1.00 e. The standard InChI is InChI=1S/2C6H7.C4H11Si.2FH.Zr/c2*1-6-4-2-3-5-6;1-3-5-4-2;;;/h2*2-5H,1H3;5H,3-4H2,1-2H3;2*1H;/q2*-1;;;;+4/p-2. The molecule has 0 heterocycles. The zero-order chi connectivity index (χ0) is 12.9. The van der Waals surface area contributed by atoms with Gasteiger partial charge in [-0.25, -0.2) is 24.3 Å². The van der Waals surface area contributed by atoms with Crippen molar-refractivity contribution in [2.75, 3.05) is 0 Å². The number of aryl methyl sites for hydroxylation is 2. The maximum Gasteiger partial charge on any atom is 4.00 e. The van der Waals surface area contributed by atoms with E-state index >= 15 is 0 Å². The molecule has 2 rings (SSSR count). The van der Waals surface area contributed by atoms with Crippen LogP contribution in [0.3, 0.4) is 0 Å². The molecule has 0 saturated heterocycles. The van der Waals surface area contributed by atoms with Gasteiger partial charge in [0.15, 0.2) is 0 Å². The van der Waals surface area contributed by atoms with Crippen molar-refractivity contribution in [1.82, 2.24) is 0 Å². The summed E-state index contributed by atoms with van der Waals surface area (Å²) >= 11 is 0. The molecule has 0 aromatic heterocycles. The van der Waals surface area contributed by atoms with Crippen molar-refractivity contribution in [2.45, 2.75) is 39.8 Å². The summed E-state index contributed by atoms with van der Waals surface area (Å²) in [7, 11) is 0.815. The van der Waals surface area contributed by atoms with E-state index in [0.29, 0.717) is 0 Å². The van der Waals surface area contributed by atoms with Crippen LogP contribution in [0.1, 0.15) is 25.0 Å². The second-order valence-corrected chi connectivity index (χ2v) is 6.24. The molecule has 0 bridgehead atoms. The molecule has 2 aromatic rings. The Morgan fingerprint density at radius 2 is 0.950 bits per heavy atom. The van der Waals surface area contributed by atoms with Gasteiger partial charge in [-0.05, 0) is 0 Å². The first kappa shape index (κ1) is 27.9. The summed E-state index contributed by atoms with van der Waals surface area (Å²) in [4.78, 5) is 0. The Labute approximate surface area is 144 Å². The van der Waals surface area contributed by atoms with E-state index in [-0.39, 0.29) is 35.6 Å². The fraction of sp³-hybridized carbons (Fsp3) is 0.375. The quantitative estimate of drug-likeness (QED) is 0.454. The average Bonchev–Trinajstić information content (AvgIpc) is 2.95. The van der Waals surface area contributed by atoms with Gasteiger partial charge < -0.3 is 9.41 Å². The van der Waals surface area contributed by atoms with E-state index in [2.05, 4.69) is 52.0 Å². The van der Waals surface area contributed by atoms with E-state index in [0.717, 1.165) is 9.52 Å². The molecule has 0 unspecified atom stereocenters. The molecule has 0 atom stereocenters. The largest absolute Gasteiger partial charge is 4.00 e. The molecular formula is C16H25F2SiZr. The molecule has 20 heavy (non-hydrogen) atoms. The Morgan fingerprint density at radius 1 is 0.700 bits per heavy atom. The second-order valence-electron chi connectivity index (χ2n) is 4.03. The molecule has 0 aliphatic rings. The molecule has 1 radical (unpaired) electrons. The van der Waals surface area contributed by atoms with Gasteiger partial charge in [0.05, 0.1) is 0 Å². The minimum absolute atomic E-state index is 0. The van der Waals surface area contributed by atoms with Crippen LogP contribution >= 0.6 is 0 Å². The van der Waals surface area contributed by atoms with E-state index in [4.69, 9.17) is 0 Å². The number of rotatable bonds is 2. The molecule has 0 spiro atoms. The van der Waals surface area contributed by atoms with E-state index < -0.39 is 0 Å². The van der Waals surface area contributed by atoms with Crippen molar-refractivity contribution in [3.05, 3.63) is 59.7 Å². The maximum atomic E-state index is 2.25. The molecule has 111 valence electrons. The summed E-state index contributed by atoms with van der Waals surface area (Å²) in [5, 5.41) is 0. The van der Waals surface area contributed by atoms with Gasteiger partial charge in [-0.1, -0.05) is 39.8 Å². The third-order valence-corrected chi connectivity index (χ3v) is 3.39. The van der Waals surface area contributed by atoms with Gasteiger partial charge >= 0.3 is 26.2 Å². The van der Waals surface area contributed by atoms with E-state index in [1.54, 1.807) is 0 Å². The minimum atomic E-state index is 0. The maximum absolute atomic E-state index is 2.25. The van der Waals surface area contributed by atoms with Crippen molar-refractivity contribution in [2.24, 2.45) is 0 Å². The molecule has 0 fully saturated rings. The third-order valence-electron chi connectivity index (χ3n) is 2.24. The Hall–Kier alpha value is -0.340. The van der Waals surface area contributed by atoms with Gasteiger partial charge in [0.1, 0.15) is 0 Å². The van der Waals surface area contributed by atoms with Crippen molar-refractivity contribution in [3.8, 4) is 0 Å². The summed E-state index contributed by atoms with van der Waals surface area (Å²) in [6, 6.07) is 19.3. The van der Waals surface area contributed by atoms with E-state index in [1.807, 2.05) is 24.3 Å². The first-order valence-corrected chi connectivity index (χ1v) is 8.02. The zero-order valence-corrected chi connectivity index (χ0v) is 16.5. The van der Waals surface area contributed by atoms with Crippen LogP contribution in [0.25, 0.3) is 0 Å². The molecule has 0 nitrogen and oxygen atoms in total. The molecule has 0 aliphatic heterocycles. The average molecular weight is 375 g/mol. The molecule has 0 amide bonds. The van der Waals surface area contributed by atoms with Gasteiger partial charge in [0, 0.05) is 9.52 Å². The molecular weight excluding hydrogens is 349 g/mol. The van der Waals surface area contributed by atoms with Gasteiger partial charge in [-0.2, -0.15) is 35.4 Å². The van der Waals surface area contributed by atoms with Crippen LogP contribution in [0.4, 0.5) is 0 Å². The van der Waals surface area contributed by atoms with E-state index in [9.17, 15) is 0 Å². The monoisotopic (exact) mass is 373 g/mol. The van der Waals surface area contributed by atoms with Crippen molar-refractivity contribution < 1.29 is 35.6 Å². The molecule has 0 N–H and O–H groups in total. The summed E-state index contributed by atoms with van der Waals surface area (Å²) in [6.45, 7) is 8.66. The SMILES string of the molecule is CC[SiH]CC.C[c-]1cccc1.C[c-]1cccc1.[F-].[F-].[Zr+4]. The summed E-state index contributed by atoms with van der Waals surface area (Å²) in [5.41, 5.74) is 2.69. The summed E-state index contributed by atoms with van der Waals surface area (Å²) in [6.07, 6.45) is 0. The molecule has 0 saturated carbocycles. The van der Waals surface area contributed by atoms with Crippen LogP contribution in [-0.4, -0.2) is 9.52 Å². The topological polar surface area (TPSA) is 0 Å². The van der Waals surface area contributed by atoms with Crippen LogP contribution in [-0.2, 0) is 26.2 Å². The van der Waals surface area contributed by atoms with Crippen LogP contribution in [0, 0.1) is 13.8 Å². The predicted octanol–water partition coefficient (Wildman–Crippen LogP) is -1.27. The molecule has 4 heteroatoms. The summed E-state index contributed by atoms with van der Waals surface area (Å²) in [5.74, 6) is 0. The Morgan fingerprint density at radius 3 is 1.00 bits per heavy atom. The number of hydrogen-bond acceptors (Lipinski definition) is 0.